The number of hydrogen-bond acceptors (Lipinski definition) is 1. The molecule has 3 heteroatoms. The smallest absolute Gasteiger partial charge is 0.0520 e. The molecule has 18 heavy (non-hydrogen) atoms. The lowest BCUT2D eigenvalue weighted by Crippen LogP contribution is -2.07. The van der Waals surface area contributed by atoms with E-state index in [4.69, 9.17) is 11.6 Å². The van der Waals surface area contributed by atoms with Crippen molar-refractivity contribution in [1.82, 2.24) is 0 Å². The Hall–Kier alpha value is -0.990. The van der Waals surface area contributed by atoms with Gasteiger partial charge in [-0.1, -0.05) is 29.8 Å². The predicted octanol–water partition coefficient (Wildman–Crippen LogP) is 5.20. The summed E-state index contributed by atoms with van der Waals surface area (Å²) in [6.45, 7) is 0. The molecule has 0 amide bonds. The van der Waals surface area contributed by atoms with E-state index >= 15 is 0 Å². The molecule has 2 aromatic carbocycles. The van der Waals surface area contributed by atoms with E-state index in [1.165, 1.54) is 11.1 Å². The van der Waals surface area contributed by atoms with E-state index < -0.39 is 0 Å². The molecule has 1 atom stereocenters. The zero-order chi connectivity index (χ0) is 12.5. The van der Waals surface area contributed by atoms with Crippen LogP contribution in [-0.4, -0.2) is 0 Å². The third-order valence-corrected chi connectivity index (χ3v) is 4.31. The van der Waals surface area contributed by atoms with Gasteiger partial charge in [0.1, 0.15) is 0 Å². The topological polar surface area (TPSA) is 12.0 Å². The second kappa shape index (κ2) is 4.94. The molecule has 0 aromatic heterocycles. The minimum absolute atomic E-state index is 0.385. The lowest BCUT2D eigenvalue weighted by molar-refractivity contribution is 0.761. The van der Waals surface area contributed by atoms with E-state index in [1.807, 2.05) is 18.2 Å². The molecule has 1 aliphatic rings. The van der Waals surface area contributed by atoms with Crippen LogP contribution in [0, 0.1) is 0 Å². The van der Waals surface area contributed by atoms with Crippen molar-refractivity contribution < 1.29 is 0 Å². The third kappa shape index (κ3) is 2.27. The van der Waals surface area contributed by atoms with Gasteiger partial charge in [0.25, 0.3) is 0 Å². The van der Waals surface area contributed by atoms with Crippen LogP contribution in [0.25, 0.3) is 0 Å². The summed E-state index contributed by atoms with van der Waals surface area (Å²) in [6.07, 6.45) is 2.22. The molecular formula is C15H13BrClN. The number of fused-ring (bicyclic) bond motifs is 1. The zero-order valence-corrected chi connectivity index (χ0v) is 12.1. The van der Waals surface area contributed by atoms with Crippen molar-refractivity contribution >= 4 is 33.2 Å². The molecule has 0 spiro atoms. The van der Waals surface area contributed by atoms with E-state index in [2.05, 4.69) is 45.5 Å². The van der Waals surface area contributed by atoms with Crippen LogP contribution in [0.1, 0.15) is 23.6 Å². The fourth-order valence-electron chi connectivity index (χ4n) is 2.50. The lowest BCUT2D eigenvalue weighted by atomic mass is 10.1. The normalized spacial score (nSPS) is 17.6. The second-order valence-electron chi connectivity index (χ2n) is 4.56. The Kier molecular flexibility index (Phi) is 3.31. The summed E-state index contributed by atoms with van der Waals surface area (Å²) in [5.41, 5.74) is 3.88. The maximum Gasteiger partial charge on any atom is 0.0520 e. The SMILES string of the molecule is Clc1ccc2c(c1)CCC2Nc1ccccc1Br. The Balaban J connectivity index is 1.87. The summed E-state index contributed by atoms with van der Waals surface area (Å²) in [4.78, 5) is 0. The van der Waals surface area contributed by atoms with Gasteiger partial charge in [0.2, 0.25) is 0 Å². The van der Waals surface area contributed by atoms with Crippen LogP contribution in [0.2, 0.25) is 5.02 Å². The number of benzene rings is 2. The third-order valence-electron chi connectivity index (χ3n) is 3.39. The van der Waals surface area contributed by atoms with Crippen molar-refractivity contribution in [3.8, 4) is 0 Å². The number of para-hydroxylation sites is 1. The van der Waals surface area contributed by atoms with Crippen molar-refractivity contribution in [1.29, 1.82) is 0 Å². The fourth-order valence-corrected chi connectivity index (χ4v) is 3.10. The maximum atomic E-state index is 6.03. The number of nitrogens with one attached hydrogen (secondary N) is 1. The second-order valence-corrected chi connectivity index (χ2v) is 5.85. The monoisotopic (exact) mass is 321 g/mol. The van der Waals surface area contributed by atoms with Crippen molar-refractivity contribution in [2.75, 3.05) is 5.32 Å². The predicted molar refractivity (Wildman–Crippen MR) is 80.3 cm³/mol. The molecule has 0 aliphatic heterocycles. The van der Waals surface area contributed by atoms with Gasteiger partial charge in [0, 0.05) is 15.2 Å². The first kappa shape index (κ1) is 12.1. The average Bonchev–Trinajstić information content (AvgIpc) is 2.74. The first-order valence-electron chi connectivity index (χ1n) is 6.03. The summed E-state index contributed by atoms with van der Waals surface area (Å²) < 4.78 is 1.10. The minimum Gasteiger partial charge on any atom is -0.377 e. The van der Waals surface area contributed by atoms with Crippen LogP contribution in [0.3, 0.4) is 0 Å². The van der Waals surface area contributed by atoms with Gasteiger partial charge in [-0.15, -0.1) is 0 Å². The Morgan fingerprint density at radius 2 is 2.00 bits per heavy atom. The molecule has 1 N–H and O–H groups in total. The molecule has 3 rings (SSSR count). The minimum atomic E-state index is 0.385. The first-order valence-corrected chi connectivity index (χ1v) is 7.20. The molecule has 0 saturated heterocycles. The van der Waals surface area contributed by atoms with Gasteiger partial charge in [0.05, 0.1) is 6.04 Å². The Labute approximate surface area is 120 Å². The maximum absolute atomic E-state index is 6.03. The average molecular weight is 323 g/mol. The number of rotatable bonds is 2. The van der Waals surface area contributed by atoms with Crippen LogP contribution in [0.15, 0.2) is 46.9 Å². The van der Waals surface area contributed by atoms with Gasteiger partial charge in [-0.05, 0) is 64.2 Å². The van der Waals surface area contributed by atoms with E-state index in [0.29, 0.717) is 6.04 Å². The van der Waals surface area contributed by atoms with Crippen LogP contribution in [0.5, 0.6) is 0 Å². The molecule has 92 valence electrons. The van der Waals surface area contributed by atoms with Gasteiger partial charge in [-0.3, -0.25) is 0 Å². The Bertz CT molecular complexity index is 582. The van der Waals surface area contributed by atoms with Gasteiger partial charge in [0.15, 0.2) is 0 Å². The summed E-state index contributed by atoms with van der Waals surface area (Å²) in [6, 6.07) is 14.8. The highest BCUT2D eigenvalue weighted by Crippen LogP contribution is 2.36. The zero-order valence-electron chi connectivity index (χ0n) is 9.79. The molecule has 0 fully saturated rings. The summed E-state index contributed by atoms with van der Waals surface area (Å²) in [5.74, 6) is 0. The molecule has 0 radical (unpaired) electrons. The summed E-state index contributed by atoms with van der Waals surface area (Å²) in [5, 5.41) is 4.42. The number of halogens is 2. The van der Waals surface area contributed by atoms with Crippen molar-refractivity contribution in [3.05, 3.63) is 63.1 Å². The summed E-state index contributed by atoms with van der Waals surface area (Å²) in [7, 11) is 0. The van der Waals surface area contributed by atoms with Gasteiger partial charge in [-0.2, -0.15) is 0 Å². The van der Waals surface area contributed by atoms with E-state index in [1.54, 1.807) is 0 Å². The molecule has 1 unspecified atom stereocenters. The molecule has 0 saturated carbocycles. The first-order chi connectivity index (χ1) is 8.74. The molecule has 2 aromatic rings. The standard InChI is InChI=1S/C15H13BrClN/c16-13-3-1-2-4-15(13)18-14-8-5-10-9-11(17)6-7-12(10)14/h1-4,6-7,9,14,18H,5,8H2. The van der Waals surface area contributed by atoms with Crippen LogP contribution in [-0.2, 0) is 6.42 Å². The van der Waals surface area contributed by atoms with Crippen LogP contribution >= 0.6 is 27.5 Å². The summed E-state index contributed by atoms with van der Waals surface area (Å²) >= 11 is 9.60. The van der Waals surface area contributed by atoms with Crippen molar-refractivity contribution in [3.63, 3.8) is 0 Å². The van der Waals surface area contributed by atoms with E-state index in [9.17, 15) is 0 Å². The van der Waals surface area contributed by atoms with Gasteiger partial charge in [-0.25, -0.2) is 0 Å². The van der Waals surface area contributed by atoms with E-state index in [0.717, 1.165) is 28.0 Å². The number of anilines is 1. The number of hydrogen-bond donors (Lipinski definition) is 1. The van der Waals surface area contributed by atoms with Crippen molar-refractivity contribution in [2.24, 2.45) is 0 Å². The largest absolute Gasteiger partial charge is 0.377 e. The van der Waals surface area contributed by atoms with Gasteiger partial charge < -0.3 is 5.32 Å². The van der Waals surface area contributed by atoms with E-state index in [-0.39, 0.29) is 0 Å². The van der Waals surface area contributed by atoms with Crippen LogP contribution in [0.4, 0.5) is 5.69 Å². The van der Waals surface area contributed by atoms with Crippen molar-refractivity contribution in [2.45, 2.75) is 18.9 Å². The highest BCUT2D eigenvalue weighted by Gasteiger charge is 2.22. The quantitative estimate of drug-likeness (QED) is 0.801. The molecule has 0 heterocycles. The molecule has 0 bridgehead atoms. The Morgan fingerprint density at radius 3 is 2.83 bits per heavy atom. The number of aryl methyl sites for hydroxylation is 1. The Morgan fingerprint density at radius 1 is 1.17 bits per heavy atom. The molecule has 1 aliphatic carbocycles. The fraction of sp³-hybridized carbons (Fsp3) is 0.200. The highest BCUT2D eigenvalue weighted by atomic mass is 79.9. The van der Waals surface area contributed by atoms with Gasteiger partial charge >= 0.3 is 0 Å². The lowest BCUT2D eigenvalue weighted by Gasteiger charge is -2.16. The molecular weight excluding hydrogens is 310 g/mol. The highest BCUT2D eigenvalue weighted by molar-refractivity contribution is 9.10. The molecule has 1 nitrogen and oxygen atoms in total. The van der Waals surface area contributed by atoms with Crippen LogP contribution < -0.4 is 5.32 Å².